The third-order valence-corrected chi connectivity index (χ3v) is 8.31. The number of sulfone groups is 1. The Bertz CT molecular complexity index is 1300. The second-order valence-electron chi connectivity index (χ2n) is 9.96. The molecule has 38 heavy (non-hydrogen) atoms. The van der Waals surface area contributed by atoms with E-state index in [0.717, 1.165) is 42.1 Å². The van der Waals surface area contributed by atoms with E-state index >= 15 is 0 Å². The molecule has 4 rings (SSSR count). The van der Waals surface area contributed by atoms with Gasteiger partial charge >= 0.3 is 0 Å². The van der Waals surface area contributed by atoms with Crippen molar-refractivity contribution in [3.63, 3.8) is 0 Å². The lowest BCUT2D eigenvalue weighted by atomic mass is 10.2. The summed E-state index contributed by atoms with van der Waals surface area (Å²) in [5.74, 6) is 0.892. The lowest BCUT2D eigenvalue weighted by molar-refractivity contribution is 0.0900. The van der Waals surface area contributed by atoms with Gasteiger partial charge < -0.3 is 24.3 Å². The summed E-state index contributed by atoms with van der Waals surface area (Å²) < 4.78 is 39.9. The summed E-state index contributed by atoms with van der Waals surface area (Å²) in [6, 6.07) is 16.8. The Morgan fingerprint density at radius 1 is 1.21 bits per heavy atom. The van der Waals surface area contributed by atoms with Gasteiger partial charge in [0.15, 0.2) is 5.11 Å². The van der Waals surface area contributed by atoms with E-state index in [4.69, 9.17) is 21.7 Å². The second kappa shape index (κ2) is 12.7. The van der Waals surface area contributed by atoms with Crippen molar-refractivity contribution < 1.29 is 17.9 Å². The molecule has 0 radical (unpaired) electrons. The number of methoxy groups -OCH3 is 1. The summed E-state index contributed by atoms with van der Waals surface area (Å²) in [5.41, 5.74) is 2.37. The molecule has 1 N–H and O–H groups in total. The lowest BCUT2D eigenvalue weighted by Gasteiger charge is -2.29. The van der Waals surface area contributed by atoms with E-state index in [0.29, 0.717) is 24.7 Å². The van der Waals surface area contributed by atoms with Gasteiger partial charge in [0.05, 0.1) is 37.4 Å². The molecule has 0 saturated carbocycles. The summed E-state index contributed by atoms with van der Waals surface area (Å²) >= 11 is 5.83. The number of ether oxygens (including phenoxy) is 2. The molecule has 1 aliphatic rings. The Morgan fingerprint density at radius 3 is 2.58 bits per heavy atom. The fourth-order valence-electron chi connectivity index (χ4n) is 4.51. The van der Waals surface area contributed by atoms with Crippen LogP contribution in [0.1, 0.15) is 37.9 Å². The van der Waals surface area contributed by atoms with Crippen LogP contribution in [-0.2, 0) is 33.4 Å². The maximum Gasteiger partial charge on any atom is 0.228 e. The number of hydrogen-bond donors (Lipinski definition) is 1. The Kier molecular flexibility index (Phi) is 9.40. The average Bonchev–Trinajstić information content (AvgIpc) is 3.54. The number of aromatic nitrogens is 2. The molecule has 1 saturated heterocycles. The number of benzene rings is 2. The number of rotatable bonds is 11. The quantitative estimate of drug-likeness (QED) is 0.334. The molecule has 0 amide bonds. The summed E-state index contributed by atoms with van der Waals surface area (Å²) in [6.07, 6.45) is 3.71. The van der Waals surface area contributed by atoms with Crippen LogP contribution in [0.25, 0.3) is 0 Å². The van der Waals surface area contributed by atoms with Gasteiger partial charge in [0.1, 0.15) is 5.75 Å². The predicted octanol–water partition coefficient (Wildman–Crippen LogP) is 4.90. The topological polar surface area (TPSA) is 85.7 Å². The largest absolute Gasteiger partial charge is 0.497 e. The third kappa shape index (κ3) is 7.33. The Balaban J connectivity index is 1.60. The molecule has 1 aromatic heterocycles. The van der Waals surface area contributed by atoms with Gasteiger partial charge in [-0.25, -0.2) is 13.4 Å². The van der Waals surface area contributed by atoms with Gasteiger partial charge in [-0.3, -0.25) is 0 Å². The van der Waals surface area contributed by atoms with Crippen LogP contribution in [0.4, 0.5) is 5.69 Å². The Labute approximate surface area is 230 Å². The first-order chi connectivity index (χ1) is 18.2. The van der Waals surface area contributed by atoms with Gasteiger partial charge in [-0.05, 0) is 60.8 Å². The van der Waals surface area contributed by atoms with Gasteiger partial charge in [0.25, 0.3) is 0 Å². The van der Waals surface area contributed by atoms with Crippen molar-refractivity contribution in [3.05, 3.63) is 72.1 Å². The molecule has 10 heteroatoms. The van der Waals surface area contributed by atoms with Crippen LogP contribution in [0.2, 0.25) is 0 Å². The number of nitrogens with one attached hydrogen (secondary N) is 1. The molecular weight excluding hydrogens is 520 g/mol. The van der Waals surface area contributed by atoms with Gasteiger partial charge in [0, 0.05) is 25.4 Å². The van der Waals surface area contributed by atoms with Crippen molar-refractivity contribution in [2.45, 2.75) is 56.8 Å². The van der Waals surface area contributed by atoms with Crippen molar-refractivity contribution in [3.8, 4) is 5.75 Å². The van der Waals surface area contributed by atoms with Crippen LogP contribution < -0.4 is 10.1 Å². The molecule has 2 aromatic carbocycles. The average molecular weight is 557 g/mol. The number of imidazole rings is 1. The van der Waals surface area contributed by atoms with Crippen molar-refractivity contribution in [1.82, 2.24) is 14.5 Å². The number of hydrogen-bond acceptors (Lipinski definition) is 6. The first kappa shape index (κ1) is 28.1. The zero-order valence-electron chi connectivity index (χ0n) is 22.2. The highest BCUT2D eigenvalue weighted by Crippen LogP contribution is 2.23. The molecule has 0 spiro atoms. The maximum absolute atomic E-state index is 13.4. The molecule has 1 fully saturated rings. The molecule has 204 valence electrons. The smallest absolute Gasteiger partial charge is 0.228 e. The van der Waals surface area contributed by atoms with Crippen molar-refractivity contribution in [2.75, 3.05) is 25.6 Å². The number of anilines is 1. The van der Waals surface area contributed by atoms with Crippen LogP contribution in [0.3, 0.4) is 0 Å². The predicted molar refractivity (Wildman–Crippen MR) is 153 cm³/mol. The molecule has 0 bridgehead atoms. The minimum Gasteiger partial charge on any atom is -0.497 e. The van der Waals surface area contributed by atoms with E-state index in [2.05, 4.69) is 24.1 Å². The first-order valence-corrected chi connectivity index (χ1v) is 14.9. The summed E-state index contributed by atoms with van der Waals surface area (Å²) in [5, 5.41) is 3.95. The zero-order chi connectivity index (χ0) is 27.1. The fourth-order valence-corrected chi connectivity index (χ4v) is 6.27. The van der Waals surface area contributed by atoms with Gasteiger partial charge in [-0.2, -0.15) is 0 Å². The first-order valence-electron chi connectivity index (χ1n) is 12.9. The lowest BCUT2D eigenvalue weighted by Crippen LogP contribution is -2.40. The third-order valence-electron chi connectivity index (χ3n) is 6.36. The summed E-state index contributed by atoms with van der Waals surface area (Å²) in [4.78, 5) is 6.46. The van der Waals surface area contributed by atoms with Crippen LogP contribution in [-0.4, -0.2) is 54.3 Å². The molecule has 0 aliphatic carbocycles. The SMILES string of the molecule is COc1ccc(NC(=S)N(Cc2cnc(S(=O)(=O)Cc3ccccc3)n2CC(C)C)C[C@@H]2CCCO2)cc1. The number of nitrogens with zero attached hydrogens (tertiary/aromatic N) is 3. The monoisotopic (exact) mass is 556 g/mol. The molecule has 3 aromatic rings. The maximum atomic E-state index is 13.4. The van der Waals surface area contributed by atoms with Crippen molar-refractivity contribution >= 4 is 32.9 Å². The van der Waals surface area contributed by atoms with Crippen LogP contribution >= 0.6 is 12.2 Å². The molecule has 1 atom stereocenters. The normalized spacial score (nSPS) is 15.5. The highest BCUT2D eigenvalue weighted by molar-refractivity contribution is 7.90. The van der Waals surface area contributed by atoms with E-state index in [-0.39, 0.29) is 22.9 Å². The summed E-state index contributed by atoms with van der Waals surface area (Å²) in [7, 11) is -2.02. The Hall–Kier alpha value is -2.95. The van der Waals surface area contributed by atoms with Crippen molar-refractivity contribution in [1.29, 1.82) is 0 Å². The van der Waals surface area contributed by atoms with Crippen molar-refractivity contribution in [2.24, 2.45) is 5.92 Å². The second-order valence-corrected chi connectivity index (χ2v) is 12.2. The molecule has 0 unspecified atom stereocenters. The molecule has 2 heterocycles. The van der Waals surface area contributed by atoms with Crippen LogP contribution in [0, 0.1) is 5.92 Å². The highest BCUT2D eigenvalue weighted by atomic mass is 32.2. The van der Waals surface area contributed by atoms with Crippen LogP contribution in [0.5, 0.6) is 5.75 Å². The van der Waals surface area contributed by atoms with E-state index < -0.39 is 9.84 Å². The highest BCUT2D eigenvalue weighted by Gasteiger charge is 2.27. The minimum atomic E-state index is -3.65. The van der Waals surface area contributed by atoms with E-state index in [1.54, 1.807) is 13.3 Å². The molecule has 1 aliphatic heterocycles. The van der Waals surface area contributed by atoms with E-state index in [9.17, 15) is 8.42 Å². The minimum absolute atomic E-state index is 0.0633. The zero-order valence-corrected chi connectivity index (χ0v) is 23.8. The van der Waals surface area contributed by atoms with Gasteiger partial charge in [-0.1, -0.05) is 44.2 Å². The summed E-state index contributed by atoms with van der Waals surface area (Å²) in [6.45, 7) is 6.41. The number of thiocarbonyl (C=S) groups is 1. The van der Waals surface area contributed by atoms with Gasteiger partial charge in [-0.15, -0.1) is 0 Å². The standard InChI is InChI=1S/C28H36N4O4S2/c1-21(2)17-32-24(16-29-28(32)38(33,34)20-22-8-5-4-6-9-22)18-31(19-26-10-7-15-36-26)27(37)30-23-11-13-25(35-3)14-12-23/h4-6,8-9,11-14,16,21,26H,7,10,15,17-20H2,1-3H3,(H,30,37)/t26-/m0/s1. The molecular formula is C28H36N4O4S2. The fraction of sp³-hybridized carbons (Fsp3) is 0.429. The Morgan fingerprint density at radius 2 is 1.95 bits per heavy atom. The van der Waals surface area contributed by atoms with Gasteiger partial charge in [0.2, 0.25) is 15.0 Å². The molecule has 8 nitrogen and oxygen atoms in total. The van der Waals surface area contributed by atoms with Crippen LogP contribution in [0.15, 0.2) is 66.0 Å². The van der Waals surface area contributed by atoms with E-state index in [1.807, 2.05) is 64.1 Å². The van der Waals surface area contributed by atoms with E-state index in [1.165, 1.54) is 0 Å².